The van der Waals surface area contributed by atoms with Crippen LogP contribution in [0, 0.1) is 12.7 Å². The fourth-order valence-electron chi connectivity index (χ4n) is 1.87. The predicted molar refractivity (Wildman–Crippen MR) is 74.6 cm³/mol. The highest BCUT2D eigenvalue weighted by atomic mass is 35.5. The van der Waals surface area contributed by atoms with Gasteiger partial charge in [-0.1, -0.05) is 23.7 Å². The Kier molecular flexibility index (Phi) is 4.39. The molecule has 0 aliphatic rings. The highest BCUT2D eigenvalue weighted by Gasteiger charge is 2.20. The van der Waals surface area contributed by atoms with Crippen molar-refractivity contribution in [3.63, 3.8) is 0 Å². The number of rotatable bonds is 4. The van der Waals surface area contributed by atoms with Gasteiger partial charge >= 0.3 is 0 Å². The van der Waals surface area contributed by atoms with Crippen LogP contribution in [-0.4, -0.2) is 11.1 Å². The van der Waals surface area contributed by atoms with E-state index in [2.05, 4.69) is 10.5 Å². The molecule has 2 rings (SSSR count). The summed E-state index contributed by atoms with van der Waals surface area (Å²) in [5, 5.41) is 6.43. The van der Waals surface area contributed by atoms with Crippen molar-refractivity contribution in [2.75, 3.05) is 5.32 Å². The number of benzene rings is 1. The number of carbonyl (C=O) groups is 1. The first-order valence-electron chi connectivity index (χ1n) is 6.24. The van der Waals surface area contributed by atoms with Crippen LogP contribution in [0.15, 0.2) is 22.7 Å². The van der Waals surface area contributed by atoms with Crippen LogP contribution in [0.1, 0.15) is 35.2 Å². The summed E-state index contributed by atoms with van der Waals surface area (Å²) in [5.41, 5.74) is 1.37. The Morgan fingerprint density at radius 1 is 1.50 bits per heavy atom. The SMILES string of the molecule is CCCc1onc(C)c1C(=O)Nc1ccc(F)c(Cl)c1. The van der Waals surface area contributed by atoms with E-state index in [1.807, 2.05) is 6.92 Å². The van der Waals surface area contributed by atoms with Crippen molar-refractivity contribution in [2.45, 2.75) is 26.7 Å². The second-order valence-electron chi connectivity index (χ2n) is 4.40. The minimum Gasteiger partial charge on any atom is -0.360 e. The van der Waals surface area contributed by atoms with E-state index in [1.54, 1.807) is 6.92 Å². The molecule has 6 heteroatoms. The summed E-state index contributed by atoms with van der Waals surface area (Å²) >= 11 is 5.68. The monoisotopic (exact) mass is 296 g/mol. The molecule has 1 heterocycles. The van der Waals surface area contributed by atoms with Crippen LogP contribution in [0.4, 0.5) is 10.1 Å². The van der Waals surface area contributed by atoms with Gasteiger partial charge in [0.1, 0.15) is 17.1 Å². The zero-order valence-electron chi connectivity index (χ0n) is 11.2. The molecule has 0 spiro atoms. The summed E-state index contributed by atoms with van der Waals surface area (Å²) < 4.78 is 18.2. The van der Waals surface area contributed by atoms with E-state index in [4.69, 9.17) is 16.1 Å². The molecule has 2 aromatic rings. The van der Waals surface area contributed by atoms with Gasteiger partial charge in [0.05, 0.1) is 10.7 Å². The molecule has 0 aliphatic heterocycles. The number of aromatic nitrogens is 1. The van der Waals surface area contributed by atoms with Crippen LogP contribution in [0.3, 0.4) is 0 Å². The second-order valence-corrected chi connectivity index (χ2v) is 4.81. The number of amides is 1. The van der Waals surface area contributed by atoms with E-state index in [-0.39, 0.29) is 10.9 Å². The van der Waals surface area contributed by atoms with Crippen LogP contribution < -0.4 is 5.32 Å². The van der Waals surface area contributed by atoms with Crippen molar-refractivity contribution >= 4 is 23.2 Å². The molecule has 1 aromatic carbocycles. The molecule has 20 heavy (non-hydrogen) atoms. The van der Waals surface area contributed by atoms with Gasteiger partial charge in [0.25, 0.3) is 5.91 Å². The van der Waals surface area contributed by atoms with E-state index >= 15 is 0 Å². The normalized spacial score (nSPS) is 10.6. The molecule has 0 saturated carbocycles. The largest absolute Gasteiger partial charge is 0.360 e. The number of nitrogens with one attached hydrogen (secondary N) is 1. The molecule has 0 unspecified atom stereocenters. The van der Waals surface area contributed by atoms with Gasteiger partial charge in [0.15, 0.2) is 0 Å². The third-order valence-corrected chi connectivity index (χ3v) is 3.10. The Hall–Kier alpha value is -1.88. The Morgan fingerprint density at radius 2 is 2.25 bits per heavy atom. The fraction of sp³-hybridized carbons (Fsp3) is 0.286. The first-order valence-corrected chi connectivity index (χ1v) is 6.62. The number of hydrogen-bond acceptors (Lipinski definition) is 3. The number of carbonyl (C=O) groups excluding carboxylic acids is 1. The topological polar surface area (TPSA) is 55.1 Å². The van der Waals surface area contributed by atoms with Crippen LogP contribution in [0.2, 0.25) is 5.02 Å². The van der Waals surface area contributed by atoms with Crippen molar-refractivity contribution in [3.8, 4) is 0 Å². The Morgan fingerprint density at radius 3 is 2.90 bits per heavy atom. The summed E-state index contributed by atoms with van der Waals surface area (Å²) in [6.07, 6.45) is 1.48. The maximum atomic E-state index is 13.1. The molecule has 0 saturated heterocycles. The molecule has 0 radical (unpaired) electrons. The molecule has 1 N–H and O–H groups in total. The fourth-order valence-corrected chi connectivity index (χ4v) is 2.05. The number of hydrogen-bond donors (Lipinski definition) is 1. The van der Waals surface area contributed by atoms with E-state index in [0.29, 0.717) is 29.1 Å². The van der Waals surface area contributed by atoms with Gasteiger partial charge in [-0.05, 0) is 31.5 Å². The summed E-state index contributed by atoms with van der Waals surface area (Å²) in [7, 11) is 0. The standard InChI is InChI=1S/C14H14ClFN2O2/c1-3-4-12-13(8(2)18-20-12)14(19)17-9-5-6-11(16)10(15)7-9/h5-7H,3-4H2,1-2H3,(H,17,19). The first-order chi connectivity index (χ1) is 9.52. The molecule has 106 valence electrons. The van der Waals surface area contributed by atoms with Gasteiger partial charge in [-0.25, -0.2) is 4.39 Å². The van der Waals surface area contributed by atoms with Crippen molar-refractivity contribution in [1.29, 1.82) is 0 Å². The summed E-state index contributed by atoms with van der Waals surface area (Å²) in [5.74, 6) is -0.317. The zero-order chi connectivity index (χ0) is 14.7. The van der Waals surface area contributed by atoms with E-state index < -0.39 is 5.82 Å². The lowest BCUT2D eigenvalue weighted by molar-refractivity contribution is 0.102. The number of anilines is 1. The molecule has 0 aliphatic carbocycles. The van der Waals surface area contributed by atoms with Crippen LogP contribution >= 0.6 is 11.6 Å². The van der Waals surface area contributed by atoms with Gasteiger partial charge in [-0.15, -0.1) is 0 Å². The van der Waals surface area contributed by atoms with Crippen LogP contribution in [0.25, 0.3) is 0 Å². The Bertz CT molecular complexity index is 640. The van der Waals surface area contributed by atoms with Gasteiger partial charge in [0.2, 0.25) is 0 Å². The van der Waals surface area contributed by atoms with Crippen molar-refractivity contribution in [1.82, 2.24) is 5.16 Å². The number of aryl methyl sites for hydroxylation is 2. The van der Waals surface area contributed by atoms with Crippen LogP contribution in [0.5, 0.6) is 0 Å². The molecule has 1 amide bonds. The molecule has 4 nitrogen and oxygen atoms in total. The molecule has 0 atom stereocenters. The third-order valence-electron chi connectivity index (χ3n) is 2.82. The predicted octanol–water partition coefficient (Wildman–Crippen LogP) is 3.98. The lowest BCUT2D eigenvalue weighted by atomic mass is 10.1. The summed E-state index contributed by atoms with van der Waals surface area (Å²) in [6.45, 7) is 3.69. The quantitative estimate of drug-likeness (QED) is 0.928. The maximum Gasteiger partial charge on any atom is 0.261 e. The van der Waals surface area contributed by atoms with Crippen molar-refractivity contribution < 1.29 is 13.7 Å². The van der Waals surface area contributed by atoms with Crippen molar-refractivity contribution in [3.05, 3.63) is 46.1 Å². The van der Waals surface area contributed by atoms with E-state index in [1.165, 1.54) is 18.2 Å². The minimum absolute atomic E-state index is 0.0429. The average Bonchev–Trinajstić information content (AvgIpc) is 2.76. The molecule has 0 bridgehead atoms. The molecule has 1 aromatic heterocycles. The summed E-state index contributed by atoms with van der Waals surface area (Å²) in [6, 6.07) is 4.00. The van der Waals surface area contributed by atoms with Gasteiger partial charge in [-0.3, -0.25) is 4.79 Å². The Labute approximate surface area is 120 Å². The lowest BCUT2D eigenvalue weighted by Crippen LogP contribution is -2.14. The number of halogens is 2. The van der Waals surface area contributed by atoms with Gasteiger partial charge < -0.3 is 9.84 Å². The smallest absolute Gasteiger partial charge is 0.261 e. The first kappa shape index (κ1) is 14.5. The summed E-state index contributed by atoms with van der Waals surface area (Å²) in [4.78, 5) is 12.2. The van der Waals surface area contributed by atoms with Gasteiger partial charge in [-0.2, -0.15) is 0 Å². The third kappa shape index (κ3) is 2.99. The molecule has 0 fully saturated rings. The average molecular weight is 297 g/mol. The highest BCUT2D eigenvalue weighted by molar-refractivity contribution is 6.31. The number of nitrogens with zero attached hydrogens (tertiary/aromatic N) is 1. The van der Waals surface area contributed by atoms with Crippen molar-refractivity contribution in [2.24, 2.45) is 0 Å². The van der Waals surface area contributed by atoms with Gasteiger partial charge in [0, 0.05) is 12.1 Å². The lowest BCUT2D eigenvalue weighted by Gasteiger charge is -2.06. The van der Waals surface area contributed by atoms with E-state index in [9.17, 15) is 9.18 Å². The zero-order valence-corrected chi connectivity index (χ0v) is 11.9. The highest BCUT2D eigenvalue weighted by Crippen LogP contribution is 2.21. The second kappa shape index (κ2) is 6.05. The minimum atomic E-state index is -0.530. The Balaban J connectivity index is 2.23. The van der Waals surface area contributed by atoms with E-state index in [0.717, 1.165) is 6.42 Å². The maximum absolute atomic E-state index is 13.1. The molecular formula is C14H14ClFN2O2. The van der Waals surface area contributed by atoms with Crippen LogP contribution in [-0.2, 0) is 6.42 Å². The molecular weight excluding hydrogens is 283 g/mol.